The van der Waals surface area contributed by atoms with Gasteiger partial charge in [-0.2, -0.15) is 0 Å². The van der Waals surface area contributed by atoms with Crippen LogP contribution in [0.25, 0.3) is 23.1 Å². The quantitative estimate of drug-likeness (QED) is 0.251. The standard InChI is InChI=1S/C29H32N4O2/c30-18-6-20-34-21-7-19-31-29-26-10-4-5-11-27(26)32-28(33-29)17-14-23-12-15-25(16-13-23)35-22-24-8-2-1-3-9-24/h1-5,8-17H,6-7,18-22,30H2,(H,31,32,33)/b17-14+. The number of aromatic nitrogens is 2. The summed E-state index contributed by atoms with van der Waals surface area (Å²) in [6.45, 7) is 3.40. The van der Waals surface area contributed by atoms with Gasteiger partial charge in [-0.15, -0.1) is 0 Å². The van der Waals surface area contributed by atoms with Gasteiger partial charge in [-0.1, -0.05) is 60.7 Å². The second-order valence-electron chi connectivity index (χ2n) is 8.16. The maximum Gasteiger partial charge on any atom is 0.154 e. The number of nitrogens with one attached hydrogen (secondary N) is 1. The molecule has 0 unspecified atom stereocenters. The van der Waals surface area contributed by atoms with E-state index >= 15 is 0 Å². The lowest BCUT2D eigenvalue weighted by Crippen LogP contribution is -2.10. The van der Waals surface area contributed by atoms with E-state index in [-0.39, 0.29) is 0 Å². The summed E-state index contributed by atoms with van der Waals surface area (Å²) in [6.07, 6.45) is 5.74. The van der Waals surface area contributed by atoms with Crippen molar-refractivity contribution in [2.24, 2.45) is 5.73 Å². The van der Waals surface area contributed by atoms with Crippen molar-refractivity contribution in [1.82, 2.24) is 9.97 Å². The first-order valence-electron chi connectivity index (χ1n) is 12.1. The van der Waals surface area contributed by atoms with Gasteiger partial charge >= 0.3 is 0 Å². The molecule has 180 valence electrons. The summed E-state index contributed by atoms with van der Waals surface area (Å²) < 4.78 is 11.5. The average Bonchev–Trinajstić information content (AvgIpc) is 2.91. The molecule has 6 heteroatoms. The van der Waals surface area contributed by atoms with Crippen LogP contribution < -0.4 is 15.8 Å². The Morgan fingerprint density at radius 2 is 1.57 bits per heavy atom. The van der Waals surface area contributed by atoms with Crippen LogP contribution in [0.4, 0.5) is 5.82 Å². The fraction of sp³-hybridized carbons (Fsp3) is 0.241. The highest BCUT2D eigenvalue weighted by Gasteiger charge is 2.06. The second kappa shape index (κ2) is 13.2. The minimum atomic E-state index is 0.552. The molecule has 35 heavy (non-hydrogen) atoms. The first-order chi connectivity index (χ1) is 17.3. The topological polar surface area (TPSA) is 82.3 Å². The first kappa shape index (κ1) is 24.4. The van der Waals surface area contributed by atoms with Gasteiger partial charge in [0.1, 0.15) is 18.2 Å². The van der Waals surface area contributed by atoms with Crippen molar-refractivity contribution >= 4 is 28.9 Å². The zero-order valence-corrected chi connectivity index (χ0v) is 19.9. The zero-order valence-electron chi connectivity index (χ0n) is 19.9. The van der Waals surface area contributed by atoms with Crippen LogP contribution in [0.15, 0.2) is 78.9 Å². The Morgan fingerprint density at radius 1 is 0.800 bits per heavy atom. The van der Waals surface area contributed by atoms with E-state index in [1.54, 1.807) is 0 Å². The molecule has 4 aromatic rings. The maximum absolute atomic E-state index is 5.88. The van der Waals surface area contributed by atoms with Gasteiger partial charge in [0.05, 0.1) is 5.52 Å². The van der Waals surface area contributed by atoms with Crippen molar-refractivity contribution in [2.75, 3.05) is 31.6 Å². The van der Waals surface area contributed by atoms with Gasteiger partial charge in [0.2, 0.25) is 0 Å². The van der Waals surface area contributed by atoms with Crippen LogP contribution >= 0.6 is 0 Å². The Morgan fingerprint density at radius 3 is 2.40 bits per heavy atom. The Balaban J connectivity index is 1.37. The maximum atomic E-state index is 5.88. The summed E-state index contributed by atoms with van der Waals surface area (Å²) in [5.41, 5.74) is 8.61. The number of para-hydroxylation sites is 1. The summed E-state index contributed by atoms with van der Waals surface area (Å²) in [5.74, 6) is 2.34. The third-order valence-corrected chi connectivity index (χ3v) is 5.42. The van der Waals surface area contributed by atoms with Gasteiger partial charge < -0.3 is 20.5 Å². The minimum absolute atomic E-state index is 0.552. The Kier molecular flexibility index (Phi) is 9.21. The molecule has 0 aliphatic heterocycles. The summed E-state index contributed by atoms with van der Waals surface area (Å²) in [5, 5.41) is 4.45. The van der Waals surface area contributed by atoms with E-state index in [0.29, 0.717) is 32.2 Å². The van der Waals surface area contributed by atoms with Crippen LogP contribution in [-0.4, -0.2) is 36.3 Å². The second-order valence-corrected chi connectivity index (χ2v) is 8.16. The normalized spacial score (nSPS) is 11.2. The van der Waals surface area contributed by atoms with Crippen molar-refractivity contribution in [2.45, 2.75) is 19.4 Å². The monoisotopic (exact) mass is 468 g/mol. The number of nitrogens with two attached hydrogens (primary N) is 1. The number of benzene rings is 3. The lowest BCUT2D eigenvalue weighted by Gasteiger charge is -2.10. The van der Waals surface area contributed by atoms with Crippen LogP contribution in [0.3, 0.4) is 0 Å². The smallest absolute Gasteiger partial charge is 0.154 e. The molecule has 0 aliphatic rings. The first-order valence-corrected chi connectivity index (χ1v) is 12.1. The number of hydrogen-bond acceptors (Lipinski definition) is 6. The highest BCUT2D eigenvalue weighted by molar-refractivity contribution is 5.90. The lowest BCUT2D eigenvalue weighted by molar-refractivity contribution is 0.133. The van der Waals surface area contributed by atoms with Crippen LogP contribution in [0, 0.1) is 0 Å². The highest BCUT2D eigenvalue weighted by atomic mass is 16.5. The minimum Gasteiger partial charge on any atom is -0.489 e. The van der Waals surface area contributed by atoms with E-state index < -0.39 is 0 Å². The van der Waals surface area contributed by atoms with Gasteiger partial charge in [-0.25, -0.2) is 9.97 Å². The van der Waals surface area contributed by atoms with E-state index in [0.717, 1.165) is 53.0 Å². The van der Waals surface area contributed by atoms with E-state index in [2.05, 4.69) is 17.4 Å². The van der Waals surface area contributed by atoms with Crippen molar-refractivity contribution in [3.05, 3.63) is 95.8 Å². The van der Waals surface area contributed by atoms with Crippen molar-refractivity contribution in [3.63, 3.8) is 0 Å². The molecule has 0 amide bonds. The van der Waals surface area contributed by atoms with Gasteiger partial charge in [0.15, 0.2) is 5.82 Å². The molecule has 0 saturated carbocycles. The highest BCUT2D eigenvalue weighted by Crippen LogP contribution is 2.21. The van der Waals surface area contributed by atoms with Crippen LogP contribution in [0.1, 0.15) is 29.8 Å². The molecule has 0 radical (unpaired) electrons. The molecule has 0 fully saturated rings. The summed E-state index contributed by atoms with van der Waals surface area (Å²) in [4.78, 5) is 9.46. The van der Waals surface area contributed by atoms with Gasteiger partial charge in [0.25, 0.3) is 0 Å². The van der Waals surface area contributed by atoms with Crippen LogP contribution in [0.2, 0.25) is 0 Å². The van der Waals surface area contributed by atoms with Crippen molar-refractivity contribution in [3.8, 4) is 5.75 Å². The van der Waals surface area contributed by atoms with Gasteiger partial charge in [-0.05, 0) is 60.9 Å². The largest absolute Gasteiger partial charge is 0.489 e. The molecular formula is C29H32N4O2. The Bertz CT molecular complexity index is 1210. The van der Waals surface area contributed by atoms with Gasteiger partial charge in [-0.3, -0.25) is 0 Å². The molecule has 1 heterocycles. The fourth-order valence-corrected chi connectivity index (χ4v) is 3.56. The number of fused-ring (bicyclic) bond motifs is 1. The Labute approximate surface area is 206 Å². The molecule has 1 aromatic heterocycles. The predicted octanol–water partition coefficient (Wildman–Crippen LogP) is 5.55. The van der Waals surface area contributed by atoms with Crippen LogP contribution in [0.5, 0.6) is 5.75 Å². The number of ether oxygens (including phenoxy) is 2. The molecule has 6 nitrogen and oxygen atoms in total. The van der Waals surface area contributed by atoms with Crippen LogP contribution in [-0.2, 0) is 11.3 Å². The average molecular weight is 469 g/mol. The molecule has 0 saturated heterocycles. The summed E-state index contributed by atoms with van der Waals surface area (Å²) in [6, 6.07) is 26.2. The zero-order chi connectivity index (χ0) is 24.1. The lowest BCUT2D eigenvalue weighted by atomic mass is 10.2. The number of anilines is 1. The van der Waals surface area contributed by atoms with Crippen molar-refractivity contribution < 1.29 is 9.47 Å². The predicted molar refractivity (Wildman–Crippen MR) is 143 cm³/mol. The number of hydrogen-bond donors (Lipinski definition) is 2. The fourth-order valence-electron chi connectivity index (χ4n) is 3.56. The van der Waals surface area contributed by atoms with Crippen molar-refractivity contribution in [1.29, 1.82) is 0 Å². The number of nitrogens with zero attached hydrogens (tertiary/aromatic N) is 2. The third kappa shape index (κ3) is 7.64. The molecule has 0 spiro atoms. The molecule has 0 bridgehead atoms. The number of rotatable bonds is 13. The van der Waals surface area contributed by atoms with E-state index in [4.69, 9.17) is 25.2 Å². The summed E-state index contributed by atoms with van der Waals surface area (Å²) in [7, 11) is 0. The molecule has 0 aliphatic carbocycles. The van der Waals surface area contributed by atoms with E-state index in [1.807, 2.05) is 78.9 Å². The van der Waals surface area contributed by atoms with Gasteiger partial charge in [0, 0.05) is 25.1 Å². The Hall–Kier alpha value is -3.74. The molecular weight excluding hydrogens is 436 g/mol. The molecule has 3 aromatic carbocycles. The van der Waals surface area contributed by atoms with E-state index in [9.17, 15) is 0 Å². The van der Waals surface area contributed by atoms with E-state index in [1.165, 1.54) is 0 Å². The third-order valence-electron chi connectivity index (χ3n) is 5.42. The molecule has 0 atom stereocenters. The molecule has 4 rings (SSSR count). The molecule has 3 N–H and O–H groups in total. The summed E-state index contributed by atoms with van der Waals surface area (Å²) >= 11 is 0. The SMILES string of the molecule is NCCCOCCCNc1nc(/C=C/c2ccc(OCc3ccccc3)cc2)nc2ccccc12.